The van der Waals surface area contributed by atoms with Crippen molar-refractivity contribution < 1.29 is 30.5 Å². The lowest BCUT2D eigenvalue weighted by Crippen LogP contribution is -2.23. The van der Waals surface area contributed by atoms with Crippen LogP contribution in [0.25, 0.3) is 0 Å². The first-order valence-electron chi connectivity index (χ1n) is 6.50. The van der Waals surface area contributed by atoms with E-state index in [1.54, 1.807) is 12.1 Å². The van der Waals surface area contributed by atoms with Gasteiger partial charge < -0.3 is 5.73 Å². The number of rotatable bonds is 3. The highest BCUT2D eigenvalue weighted by molar-refractivity contribution is 7.85. The number of benzene rings is 2. The first-order chi connectivity index (χ1) is 10.9. The Labute approximate surface area is 136 Å². The molecule has 2 aromatic rings. The van der Waals surface area contributed by atoms with Gasteiger partial charge in [-0.1, -0.05) is 29.8 Å². The van der Waals surface area contributed by atoms with Gasteiger partial charge in [-0.15, -0.1) is 0 Å². The van der Waals surface area contributed by atoms with Crippen LogP contribution in [-0.2, 0) is 16.0 Å². The van der Waals surface area contributed by atoms with E-state index in [0.717, 1.165) is 29.8 Å². The Hall–Kier alpha value is -2.13. The molecule has 0 fully saturated rings. The molecular weight excluding hydrogens is 350 g/mol. The minimum absolute atomic E-state index is 0.0666. The van der Waals surface area contributed by atoms with Gasteiger partial charge in [0.05, 0.1) is 4.90 Å². The van der Waals surface area contributed by atoms with Gasteiger partial charge in [0.25, 0.3) is 10.1 Å². The molecule has 2 aromatic carbocycles. The van der Waals surface area contributed by atoms with Gasteiger partial charge in [-0.3, -0.25) is 4.55 Å². The lowest BCUT2D eigenvalue weighted by Gasteiger charge is -2.15. The van der Waals surface area contributed by atoms with Crippen molar-refractivity contribution in [3.63, 3.8) is 0 Å². The van der Waals surface area contributed by atoms with E-state index in [0.29, 0.717) is 0 Å². The molecule has 0 aromatic heterocycles. The number of alkyl halides is 4. The number of halogens is 4. The van der Waals surface area contributed by atoms with Crippen LogP contribution in [0.2, 0.25) is 0 Å². The normalized spacial score (nSPS) is 11.8. The molecule has 0 unspecified atom stereocenters. The van der Waals surface area contributed by atoms with E-state index < -0.39 is 28.0 Å². The first-order valence-corrected chi connectivity index (χ1v) is 7.94. The number of nitrogens with two attached hydrogens (primary N) is 1. The maximum absolute atomic E-state index is 12.6. The second-order valence-electron chi connectivity index (χ2n) is 4.83. The highest BCUT2D eigenvalue weighted by atomic mass is 32.2. The molecule has 4 nitrogen and oxygen atoms in total. The highest BCUT2D eigenvalue weighted by Crippen LogP contribution is 2.34. The van der Waals surface area contributed by atoms with E-state index in [1.807, 2.05) is 6.92 Å². The van der Waals surface area contributed by atoms with E-state index in [2.05, 4.69) is 0 Å². The van der Waals surface area contributed by atoms with Crippen LogP contribution < -0.4 is 5.73 Å². The molecule has 0 amide bonds. The fourth-order valence-electron chi connectivity index (χ4n) is 1.54. The zero-order chi connectivity index (χ0) is 18.5. The molecule has 0 radical (unpaired) electrons. The Bertz CT molecular complexity index is 760. The molecule has 3 N–H and O–H groups in total. The third-order valence-electron chi connectivity index (χ3n) is 2.89. The molecular formula is C15H15F4NO3S. The Morgan fingerprint density at radius 2 is 1.46 bits per heavy atom. The van der Waals surface area contributed by atoms with Gasteiger partial charge in [0.15, 0.2) is 0 Å². The number of hydrogen-bond donors (Lipinski definition) is 2. The van der Waals surface area contributed by atoms with Crippen molar-refractivity contribution in [1.29, 1.82) is 0 Å². The summed E-state index contributed by atoms with van der Waals surface area (Å²) in [7, 11) is -4.02. The van der Waals surface area contributed by atoms with E-state index in [9.17, 15) is 26.0 Å². The van der Waals surface area contributed by atoms with Crippen LogP contribution in [0.15, 0.2) is 53.4 Å². The van der Waals surface area contributed by atoms with Crippen molar-refractivity contribution >= 4 is 15.8 Å². The monoisotopic (exact) mass is 365 g/mol. The topological polar surface area (TPSA) is 80.4 Å². The molecule has 24 heavy (non-hydrogen) atoms. The summed E-state index contributed by atoms with van der Waals surface area (Å²) in [5.41, 5.74) is 5.70. The van der Waals surface area contributed by atoms with Crippen LogP contribution in [0, 0.1) is 6.92 Å². The van der Waals surface area contributed by atoms with E-state index in [1.165, 1.54) is 12.1 Å². The molecule has 0 aliphatic carbocycles. The Morgan fingerprint density at radius 3 is 1.83 bits per heavy atom. The predicted octanol–water partition coefficient (Wildman–Crippen LogP) is 3.87. The summed E-state index contributed by atoms with van der Waals surface area (Å²) >= 11 is 0. The van der Waals surface area contributed by atoms with Crippen molar-refractivity contribution in [3.8, 4) is 0 Å². The SMILES string of the molecule is Cc1ccc(S(=O)(=O)O)cc1.Nc1ccc(C(F)(F)C(F)F)cc1. The molecule has 0 spiro atoms. The highest BCUT2D eigenvalue weighted by Gasteiger charge is 2.42. The molecule has 0 saturated heterocycles. The van der Waals surface area contributed by atoms with E-state index in [4.69, 9.17) is 10.3 Å². The van der Waals surface area contributed by atoms with E-state index in [-0.39, 0.29) is 10.6 Å². The lowest BCUT2D eigenvalue weighted by molar-refractivity contribution is -0.135. The lowest BCUT2D eigenvalue weighted by atomic mass is 10.1. The minimum atomic E-state index is -4.10. The number of hydrogen-bond acceptors (Lipinski definition) is 3. The number of nitrogen functional groups attached to an aromatic ring is 1. The summed E-state index contributed by atoms with van der Waals surface area (Å²) in [6.07, 6.45) is -3.70. The van der Waals surface area contributed by atoms with Gasteiger partial charge in [0.2, 0.25) is 0 Å². The fraction of sp³-hybridized carbons (Fsp3) is 0.200. The molecule has 0 aliphatic heterocycles. The quantitative estimate of drug-likeness (QED) is 0.492. The molecule has 0 aliphatic rings. The molecule has 0 heterocycles. The van der Waals surface area contributed by atoms with Gasteiger partial charge in [-0.05, 0) is 31.2 Å². The van der Waals surface area contributed by atoms with Crippen LogP contribution in [0.5, 0.6) is 0 Å². The van der Waals surface area contributed by atoms with Crippen molar-refractivity contribution in [2.24, 2.45) is 0 Å². The zero-order valence-electron chi connectivity index (χ0n) is 12.5. The average molecular weight is 365 g/mol. The van der Waals surface area contributed by atoms with Gasteiger partial charge >= 0.3 is 12.3 Å². The second-order valence-corrected chi connectivity index (χ2v) is 6.26. The third kappa shape index (κ3) is 5.50. The van der Waals surface area contributed by atoms with Crippen molar-refractivity contribution in [3.05, 3.63) is 59.7 Å². The molecule has 0 bridgehead atoms. The summed E-state index contributed by atoms with van der Waals surface area (Å²) in [5, 5.41) is 0. The largest absolute Gasteiger partial charge is 0.399 e. The smallest absolute Gasteiger partial charge is 0.332 e. The average Bonchev–Trinajstić information content (AvgIpc) is 2.47. The number of anilines is 1. The third-order valence-corrected chi connectivity index (χ3v) is 3.76. The summed E-state index contributed by atoms with van der Waals surface area (Å²) in [6.45, 7) is 1.84. The minimum Gasteiger partial charge on any atom is -0.399 e. The van der Waals surface area contributed by atoms with Crippen molar-refractivity contribution in [1.82, 2.24) is 0 Å². The van der Waals surface area contributed by atoms with Crippen LogP contribution in [-0.4, -0.2) is 19.4 Å². The molecule has 2 rings (SSSR count). The maximum atomic E-state index is 12.6. The maximum Gasteiger partial charge on any atom is 0.332 e. The summed E-state index contributed by atoms with van der Waals surface area (Å²) in [5.74, 6) is -4.10. The second kappa shape index (κ2) is 7.63. The van der Waals surface area contributed by atoms with Crippen molar-refractivity contribution in [2.45, 2.75) is 24.2 Å². The van der Waals surface area contributed by atoms with Gasteiger partial charge in [-0.25, -0.2) is 8.78 Å². The first kappa shape index (κ1) is 19.9. The Morgan fingerprint density at radius 1 is 1.00 bits per heavy atom. The number of aryl methyl sites for hydroxylation is 1. The zero-order valence-corrected chi connectivity index (χ0v) is 13.3. The molecule has 9 heteroatoms. The molecule has 132 valence electrons. The van der Waals surface area contributed by atoms with Crippen LogP contribution in [0.1, 0.15) is 11.1 Å². The Balaban J connectivity index is 0.000000243. The summed E-state index contributed by atoms with van der Waals surface area (Å²) in [6, 6.07) is 10.1. The molecule has 0 atom stereocenters. The fourth-order valence-corrected chi connectivity index (χ4v) is 2.02. The predicted molar refractivity (Wildman–Crippen MR) is 81.7 cm³/mol. The van der Waals surface area contributed by atoms with Gasteiger partial charge in [0, 0.05) is 11.3 Å². The van der Waals surface area contributed by atoms with Crippen molar-refractivity contribution in [2.75, 3.05) is 5.73 Å². The van der Waals surface area contributed by atoms with E-state index >= 15 is 0 Å². The van der Waals surface area contributed by atoms with Crippen LogP contribution in [0.3, 0.4) is 0 Å². The molecule has 0 saturated carbocycles. The summed E-state index contributed by atoms with van der Waals surface area (Å²) < 4.78 is 78.4. The van der Waals surface area contributed by atoms with Crippen LogP contribution >= 0.6 is 0 Å². The summed E-state index contributed by atoms with van der Waals surface area (Å²) in [4.78, 5) is -0.0666. The van der Waals surface area contributed by atoms with Gasteiger partial charge in [-0.2, -0.15) is 17.2 Å². The standard InChI is InChI=1S/C8H7F4N.C7H8O3S/c9-7(10)8(11,12)5-1-3-6(13)4-2-5;1-6-2-4-7(5-3-6)11(8,9)10/h1-4,7H,13H2;2-5H,1H3,(H,8,9,10). The Kier molecular flexibility index (Phi) is 6.33. The van der Waals surface area contributed by atoms with Crippen LogP contribution in [0.4, 0.5) is 23.2 Å². The van der Waals surface area contributed by atoms with Gasteiger partial charge in [0.1, 0.15) is 0 Å².